The van der Waals surface area contributed by atoms with Crippen LogP contribution in [-0.4, -0.2) is 6.29 Å². The topological polar surface area (TPSA) is 30.2 Å². The van der Waals surface area contributed by atoms with Crippen LogP contribution in [0.1, 0.15) is 16.1 Å². The van der Waals surface area contributed by atoms with E-state index in [1.165, 1.54) is 6.07 Å². The lowest BCUT2D eigenvalue weighted by atomic mass is 10.1. The second-order valence-electron chi connectivity index (χ2n) is 3.28. The molecule has 1 heterocycles. The van der Waals surface area contributed by atoms with Gasteiger partial charge in [-0.3, -0.25) is 4.79 Å². The predicted molar refractivity (Wildman–Crippen MR) is 54.2 cm³/mol. The zero-order valence-electron chi connectivity index (χ0n) is 8.16. The molecule has 15 heavy (non-hydrogen) atoms. The summed E-state index contributed by atoms with van der Waals surface area (Å²) in [4.78, 5) is 10.4. The summed E-state index contributed by atoms with van der Waals surface area (Å²) in [5, 5.41) is 0. The third-order valence-corrected chi connectivity index (χ3v) is 2.20. The maximum absolute atomic E-state index is 13.2. The second kappa shape index (κ2) is 3.69. The Morgan fingerprint density at radius 1 is 1.27 bits per heavy atom. The van der Waals surface area contributed by atoms with Gasteiger partial charge in [0, 0.05) is 5.56 Å². The van der Waals surface area contributed by atoms with Crippen molar-refractivity contribution in [1.82, 2.24) is 0 Å². The highest BCUT2D eigenvalue weighted by Gasteiger charge is 2.06. The van der Waals surface area contributed by atoms with Gasteiger partial charge in [0.2, 0.25) is 0 Å². The Balaban J connectivity index is 2.44. The summed E-state index contributed by atoms with van der Waals surface area (Å²) in [6, 6.07) is 8.02. The molecule has 1 aromatic carbocycles. The minimum absolute atomic E-state index is 0.242. The van der Waals surface area contributed by atoms with Gasteiger partial charge in [-0.25, -0.2) is 4.39 Å². The number of aldehydes is 1. The monoisotopic (exact) mass is 204 g/mol. The molecule has 0 aliphatic carbocycles. The van der Waals surface area contributed by atoms with Crippen molar-refractivity contribution in [1.29, 1.82) is 0 Å². The Bertz CT molecular complexity index is 500. The quantitative estimate of drug-likeness (QED) is 0.703. The summed E-state index contributed by atoms with van der Waals surface area (Å²) >= 11 is 0. The lowest BCUT2D eigenvalue weighted by Gasteiger charge is -1.99. The summed E-state index contributed by atoms with van der Waals surface area (Å²) in [5.41, 5.74) is 1.21. The molecular formula is C12H9FO2. The van der Waals surface area contributed by atoms with E-state index in [4.69, 9.17) is 4.42 Å². The molecule has 0 unspecified atom stereocenters. The molecule has 0 spiro atoms. The molecular weight excluding hydrogens is 195 g/mol. The van der Waals surface area contributed by atoms with Crippen molar-refractivity contribution in [3.63, 3.8) is 0 Å². The van der Waals surface area contributed by atoms with Crippen LogP contribution in [0.2, 0.25) is 0 Å². The van der Waals surface area contributed by atoms with Crippen molar-refractivity contribution >= 4 is 6.29 Å². The molecule has 0 aliphatic heterocycles. The molecule has 2 rings (SSSR count). The molecule has 2 nitrogen and oxygen atoms in total. The van der Waals surface area contributed by atoms with Crippen LogP contribution in [0.15, 0.2) is 34.7 Å². The van der Waals surface area contributed by atoms with Gasteiger partial charge in [-0.1, -0.05) is 12.1 Å². The lowest BCUT2D eigenvalue weighted by molar-refractivity contribution is 0.110. The van der Waals surface area contributed by atoms with Crippen LogP contribution in [-0.2, 0) is 0 Å². The Hall–Kier alpha value is -1.90. The van der Waals surface area contributed by atoms with Crippen LogP contribution in [0.25, 0.3) is 11.3 Å². The van der Waals surface area contributed by atoms with Gasteiger partial charge in [-0.05, 0) is 30.7 Å². The average molecular weight is 204 g/mol. The number of carbonyl (C=O) groups is 1. The first-order valence-corrected chi connectivity index (χ1v) is 4.52. The molecule has 3 heteroatoms. The summed E-state index contributed by atoms with van der Waals surface area (Å²) in [6.07, 6.45) is 0.619. The van der Waals surface area contributed by atoms with Gasteiger partial charge in [-0.2, -0.15) is 0 Å². The number of hydrogen-bond donors (Lipinski definition) is 0. The van der Waals surface area contributed by atoms with E-state index in [0.717, 1.165) is 0 Å². The Morgan fingerprint density at radius 3 is 2.67 bits per heavy atom. The molecule has 0 saturated heterocycles. The fourth-order valence-corrected chi connectivity index (χ4v) is 1.32. The number of benzene rings is 1. The number of rotatable bonds is 2. The fraction of sp³-hybridized carbons (Fsp3) is 0.0833. The van der Waals surface area contributed by atoms with Gasteiger partial charge in [-0.15, -0.1) is 0 Å². The molecule has 0 radical (unpaired) electrons. The first-order valence-electron chi connectivity index (χ1n) is 4.52. The zero-order valence-corrected chi connectivity index (χ0v) is 8.16. The number of halogens is 1. The number of carbonyl (C=O) groups excluding carboxylic acids is 1. The van der Waals surface area contributed by atoms with Crippen molar-refractivity contribution in [2.24, 2.45) is 0 Å². The Labute approximate surface area is 86.3 Å². The molecule has 0 amide bonds. The fourth-order valence-electron chi connectivity index (χ4n) is 1.32. The molecule has 76 valence electrons. The van der Waals surface area contributed by atoms with Crippen LogP contribution >= 0.6 is 0 Å². The normalized spacial score (nSPS) is 10.3. The number of furan rings is 1. The third-order valence-electron chi connectivity index (χ3n) is 2.20. The van der Waals surface area contributed by atoms with Crippen LogP contribution < -0.4 is 0 Å². The van der Waals surface area contributed by atoms with E-state index in [2.05, 4.69) is 0 Å². The molecule has 2 aromatic rings. The molecule has 0 fully saturated rings. The predicted octanol–water partition coefficient (Wildman–Crippen LogP) is 3.21. The van der Waals surface area contributed by atoms with Crippen LogP contribution in [0.5, 0.6) is 0 Å². The smallest absolute Gasteiger partial charge is 0.185 e. The highest BCUT2D eigenvalue weighted by Crippen LogP contribution is 2.23. The van der Waals surface area contributed by atoms with Crippen molar-refractivity contribution in [3.8, 4) is 11.3 Å². The number of hydrogen-bond acceptors (Lipinski definition) is 2. The Kier molecular flexibility index (Phi) is 2.37. The maximum Gasteiger partial charge on any atom is 0.185 e. The summed E-state index contributed by atoms with van der Waals surface area (Å²) in [5.74, 6) is 0.457. The minimum Gasteiger partial charge on any atom is -0.453 e. The first-order chi connectivity index (χ1) is 7.20. The highest BCUT2D eigenvalue weighted by molar-refractivity contribution is 5.72. The van der Waals surface area contributed by atoms with E-state index in [-0.39, 0.29) is 11.6 Å². The molecule has 1 aromatic heterocycles. The third kappa shape index (κ3) is 1.81. The molecule has 0 aliphatic rings. The van der Waals surface area contributed by atoms with Crippen LogP contribution in [0, 0.1) is 12.7 Å². The van der Waals surface area contributed by atoms with E-state index >= 15 is 0 Å². The van der Waals surface area contributed by atoms with E-state index in [9.17, 15) is 9.18 Å². The summed E-state index contributed by atoms with van der Waals surface area (Å²) in [7, 11) is 0. The summed E-state index contributed by atoms with van der Waals surface area (Å²) in [6.45, 7) is 1.69. The molecule has 0 bridgehead atoms. The molecule has 0 saturated carbocycles. The van der Waals surface area contributed by atoms with Gasteiger partial charge >= 0.3 is 0 Å². The Morgan fingerprint density at radius 2 is 2.07 bits per heavy atom. The molecule has 0 atom stereocenters. The van der Waals surface area contributed by atoms with Crippen molar-refractivity contribution in [2.45, 2.75) is 6.92 Å². The first kappa shape index (κ1) is 9.65. The highest BCUT2D eigenvalue weighted by atomic mass is 19.1. The standard InChI is InChI=1S/C12H9FO2/c1-8-2-3-9(6-11(8)13)12-5-4-10(7-14)15-12/h2-7H,1H3. The van der Waals surface area contributed by atoms with E-state index in [1.54, 1.807) is 31.2 Å². The van der Waals surface area contributed by atoms with E-state index in [1.807, 2.05) is 0 Å². The lowest BCUT2D eigenvalue weighted by Crippen LogP contribution is -1.82. The number of aryl methyl sites for hydroxylation is 1. The van der Waals surface area contributed by atoms with Crippen LogP contribution in [0.4, 0.5) is 4.39 Å². The van der Waals surface area contributed by atoms with Gasteiger partial charge < -0.3 is 4.42 Å². The van der Waals surface area contributed by atoms with Gasteiger partial charge in [0.1, 0.15) is 11.6 Å². The van der Waals surface area contributed by atoms with Gasteiger partial charge in [0.25, 0.3) is 0 Å². The zero-order chi connectivity index (χ0) is 10.8. The average Bonchev–Trinajstić information content (AvgIpc) is 2.70. The van der Waals surface area contributed by atoms with Crippen molar-refractivity contribution in [2.75, 3.05) is 0 Å². The second-order valence-corrected chi connectivity index (χ2v) is 3.28. The SMILES string of the molecule is Cc1ccc(-c2ccc(C=O)o2)cc1F. The van der Waals surface area contributed by atoms with Crippen LogP contribution in [0.3, 0.4) is 0 Å². The van der Waals surface area contributed by atoms with E-state index in [0.29, 0.717) is 23.2 Å². The van der Waals surface area contributed by atoms with E-state index < -0.39 is 0 Å². The maximum atomic E-state index is 13.2. The van der Waals surface area contributed by atoms with Crippen molar-refractivity contribution < 1.29 is 13.6 Å². The molecule has 0 N–H and O–H groups in total. The van der Waals surface area contributed by atoms with Gasteiger partial charge in [0.05, 0.1) is 0 Å². The van der Waals surface area contributed by atoms with Crippen molar-refractivity contribution in [3.05, 3.63) is 47.5 Å². The van der Waals surface area contributed by atoms with Gasteiger partial charge in [0.15, 0.2) is 12.0 Å². The minimum atomic E-state index is -0.281. The summed E-state index contributed by atoms with van der Waals surface area (Å²) < 4.78 is 18.4. The largest absolute Gasteiger partial charge is 0.453 e.